The fraction of sp³-hybridized carbons (Fsp3) is 0.0877. The van der Waals surface area contributed by atoms with Gasteiger partial charge in [0, 0.05) is 14.1 Å². The van der Waals surface area contributed by atoms with Gasteiger partial charge in [-0.25, -0.2) is 145 Å². The Morgan fingerprint density at radius 1 is 0.284 bits per heavy atom. The molecule has 504 valence electrons. The van der Waals surface area contributed by atoms with E-state index >= 15 is 87.8 Å². The van der Waals surface area contributed by atoms with E-state index in [2.05, 4.69) is 0 Å². The number of hydrogen-bond acceptors (Lipinski definition) is 0. The maximum atomic E-state index is 17.3. The molecule has 0 bridgehead atoms. The van der Waals surface area contributed by atoms with Crippen molar-refractivity contribution in [2.24, 2.45) is 0 Å². The van der Waals surface area contributed by atoms with Gasteiger partial charge >= 0.3 is 6.18 Å². The molecular formula is C57H16BF36P. The molecule has 0 aliphatic rings. The van der Waals surface area contributed by atoms with E-state index in [4.69, 9.17) is 0 Å². The van der Waals surface area contributed by atoms with E-state index in [-0.39, 0.29) is 15.0 Å². The molecule has 38 heteroatoms. The van der Waals surface area contributed by atoms with E-state index in [1.807, 2.05) is 6.92 Å². The summed E-state index contributed by atoms with van der Waals surface area (Å²) in [6.07, 6.45) is -11.9. The predicted octanol–water partition coefficient (Wildman–Crippen LogP) is 18.2. The molecule has 0 aromatic heterocycles. The summed E-state index contributed by atoms with van der Waals surface area (Å²) in [5.74, 6) is -97.0. The molecule has 0 N–H and O–H groups in total. The van der Waals surface area contributed by atoms with E-state index in [9.17, 15) is 70.2 Å². The van der Waals surface area contributed by atoms with Crippen molar-refractivity contribution in [1.29, 1.82) is 0 Å². The average molecular weight is 1430 g/mol. The number of benzene rings is 10. The van der Waals surface area contributed by atoms with Gasteiger partial charge in [-0.3, -0.25) is 0 Å². The van der Waals surface area contributed by atoms with Crippen LogP contribution in [0.1, 0.15) is 18.1 Å². The fourth-order valence-electron chi connectivity index (χ4n) is 10.7. The van der Waals surface area contributed by atoms with Crippen LogP contribution in [0.3, 0.4) is 0 Å². The van der Waals surface area contributed by atoms with Crippen LogP contribution in [-0.4, -0.2) is 18.7 Å². The monoisotopic (exact) mass is 1430 g/mol. The topological polar surface area (TPSA) is 0 Å². The summed E-state index contributed by atoms with van der Waals surface area (Å²) >= 11 is 0. The zero-order valence-electron chi connectivity index (χ0n) is 45.0. The SMILES string of the molecule is CC[PH2+]CF.Cc1c(F)c(F)c(F)c(C(F)(F)F)c1-c1c(F)c(F)c(F)c(F)c1F.Fc1cc2c([B-](c3c(F)c(F)c(F)c4c(F)c(F)c(F)cc34)(c3c(F)c(F)c(F)c4c(F)c(F)c(F)cc34)c3c(F)c(F)c(F)c4c(F)c(F)c(F)cc34)c(F)c(F)c(F)c2c(F)c1F. The first-order valence-electron chi connectivity index (χ1n) is 24.9. The zero-order valence-corrected chi connectivity index (χ0v) is 46.1. The molecule has 10 aromatic rings. The number of rotatable bonds is 7. The number of hydrogen-bond donors (Lipinski definition) is 0. The first-order valence-corrected chi connectivity index (χ1v) is 26.5. The Morgan fingerprint density at radius 2 is 0.505 bits per heavy atom. The van der Waals surface area contributed by atoms with Crippen LogP contribution >= 0.6 is 8.58 Å². The molecule has 0 amide bonds. The molecule has 1 unspecified atom stereocenters. The van der Waals surface area contributed by atoms with E-state index in [1.165, 1.54) is 0 Å². The van der Waals surface area contributed by atoms with Crippen LogP contribution in [0.25, 0.3) is 54.2 Å². The molecule has 0 spiro atoms. The summed E-state index contributed by atoms with van der Waals surface area (Å²) in [6, 6.07) is -3.25. The summed E-state index contributed by atoms with van der Waals surface area (Å²) in [6.45, 7) is 2.37. The third kappa shape index (κ3) is 10.7. The van der Waals surface area contributed by atoms with Crippen molar-refractivity contribution >= 4 is 79.7 Å². The largest absolute Gasteiger partial charge is 0.419 e. The lowest BCUT2D eigenvalue weighted by Gasteiger charge is -2.47. The highest BCUT2D eigenvalue weighted by Gasteiger charge is 2.50. The van der Waals surface area contributed by atoms with Gasteiger partial charge < -0.3 is 0 Å². The van der Waals surface area contributed by atoms with Gasteiger partial charge in [-0.2, -0.15) is 13.2 Å². The van der Waals surface area contributed by atoms with Crippen molar-refractivity contribution < 1.29 is 158 Å². The van der Waals surface area contributed by atoms with Crippen LogP contribution in [0.5, 0.6) is 0 Å². The van der Waals surface area contributed by atoms with Crippen LogP contribution in [0.4, 0.5) is 158 Å². The molecule has 0 heterocycles. The third-order valence-electron chi connectivity index (χ3n) is 14.6. The first-order chi connectivity index (χ1) is 44.0. The maximum Gasteiger partial charge on any atom is 0.419 e. The van der Waals surface area contributed by atoms with E-state index in [0.29, 0.717) is 6.92 Å². The van der Waals surface area contributed by atoms with Crippen molar-refractivity contribution in [3.63, 3.8) is 0 Å². The van der Waals surface area contributed by atoms with Gasteiger partial charge in [0.1, 0.15) is 35.0 Å². The van der Waals surface area contributed by atoms with Crippen molar-refractivity contribution in [2.45, 2.75) is 20.0 Å². The van der Waals surface area contributed by atoms with Gasteiger partial charge in [-0.15, -0.1) is 21.9 Å². The van der Waals surface area contributed by atoms with E-state index < -0.39 is 310 Å². The quantitative estimate of drug-likeness (QED) is 0.0490. The van der Waals surface area contributed by atoms with Crippen molar-refractivity contribution in [3.8, 4) is 11.1 Å². The lowest BCUT2D eigenvalue weighted by atomic mass is 9.11. The van der Waals surface area contributed by atoms with E-state index in [1.54, 1.807) is 0 Å². The number of fused-ring (bicyclic) bond motifs is 4. The highest BCUT2D eigenvalue weighted by Crippen LogP contribution is 2.46. The van der Waals surface area contributed by atoms with Gasteiger partial charge in [-0.1, -0.05) is 0 Å². The molecule has 0 aliphatic heterocycles. The molecular weight excluding hydrogens is 1410 g/mol. The summed E-state index contributed by atoms with van der Waals surface area (Å²) in [5, 5.41) is -20.5. The molecule has 0 saturated carbocycles. The van der Waals surface area contributed by atoms with Crippen LogP contribution in [0.15, 0.2) is 24.3 Å². The number of alkyl halides is 4. The van der Waals surface area contributed by atoms with Gasteiger partial charge in [0.2, 0.25) is 5.82 Å². The summed E-state index contributed by atoms with van der Waals surface area (Å²) in [4.78, 5) is 0. The molecule has 0 radical (unpaired) electrons. The minimum absolute atomic E-state index is 0.0729. The summed E-state index contributed by atoms with van der Waals surface area (Å²) in [5.41, 5.74) is -20.6. The fourth-order valence-corrected chi connectivity index (χ4v) is 10.9. The van der Waals surface area contributed by atoms with Crippen molar-refractivity contribution in [1.82, 2.24) is 0 Å². The molecule has 10 rings (SSSR count). The van der Waals surface area contributed by atoms with Crippen LogP contribution < -0.4 is 21.9 Å². The average Bonchev–Trinajstić information content (AvgIpc) is 0.668. The highest BCUT2D eigenvalue weighted by molar-refractivity contribution is 7.37. The normalized spacial score (nSPS) is 12.1. The smallest absolute Gasteiger partial charge is 0.207 e. The predicted molar refractivity (Wildman–Crippen MR) is 267 cm³/mol. The molecule has 0 saturated heterocycles. The Labute approximate surface area is 502 Å². The number of halogens is 36. The minimum atomic E-state index is -7.01. The Kier molecular flexibility index (Phi) is 19.3. The maximum absolute atomic E-state index is 17.3. The molecule has 10 aromatic carbocycles. The summed E-state index contributed by atoms with van der Waals surface area (Å²) < 4.78 is 537. The molecule has 0 nitrogen and oxygen atoms in total. The molecule has 0 aliphatic carbocycles. The van der Waals surface area contributed by atoms with Crippen LogP contribution in [-0.2, 0) is 6.18 Å². The summed E-state index contributed by atoms with van der Waals surface area (Å²) in [7, 11) is 0.148. The lowest BCUT2D eigenvalue weighted by molar-refractivity contribution is -0.139. The molecule has 1 atom stereocenters. The Balaban J connectivity index is 0.000000319. The molecule has 95 heavy (non-hydrogen) atoms. The van der Waals surface area contributed by atoms with Crippen molar-refractivity contribution in [3.05, 3.63) is 222 Å². The standard InChI is InChI=1S/C40H4BF24.C14H3F11.C3H8FP/c42-9-1-5-13(25(50)21(9)46)29(54)37(62)33(58)17(5)41(18-6-2-10(43)22(47)26(51)14(6)30(55)38(63)34(18)59,19-7-3-11(44)23(48)27(52)15(7)31(56)39(64)35(19)60)20-8-4-12(45)24(49)28(53)16(8)32(57)40(65)36(20)61;1-2-3(4-7(16)11(20)13(22)12(21)8(4)17)5(14(23,24)25)9(18)10(19)6(2)15;1-2-5-3-4/h1-4H;1H3;5H,2-3H2,1H3/q-1;;/p+1. The third-order valence-corrected chi connectivity index (χ3v) is 15.4. The van der Waals surface area contributed by atoms with Crippen LogP contribution in [0, 0.1) is 193 Å². The highest BCUT2D eigenvalue weighted by atomic mass is 31.1. The molecule has 0 fully saturated rings. The Bertz CT molecular complexity index is 4460. The van der Waals surface area contributed by atoms with E-state index in [0.717, 1.165) is 6.16 Å². The second kappa shape index (κ2) is 25.4. The minimum Gasteiger partial charge on any atom is -0.207 e. The van der Waals surface area contributed by atoms with Crippen molar-refractivity contribution in [2.75, 3.05) is 12.6 Å². The van der Waals surface area contributed by atoms with Gasteiger partial charge in [-0.05, 0) is 65.2 Å². The van der Waals surface area contributed by atoms with Gasteiger partial charge in [0.25, 0.3) is 0 Å². The zero-order chi connectivity index (χ0) is 71.7. The second-order valence-electron chi connectivity index (χ2n) is 19.5. The second-order valence-corrected chi connectivity index (χ2v) is 21.2. The lowest BCUT2D eigenvalue weighted by Crippen LogP contribution is -2.78. The Morgan fingerprint density at radius 3 is 0.726 bits per heavy atom. The van der Waals surface area contributed by atoms with Gasteiger partial charge in [0.15, 0.2) is 163 Å². The van der Waals surface area contributed by atoms with Gasteiger partial charge in [0.05, 0.1) is 33.3 Å². The van der Waals surface area contributed by atoms with Crippen LogP contribution in [0.2, 0.25) is 0 Å². The first kappa shape index (κ1) is 72.1. The Hall–Kier alpha value is -8.79.